The van der Waals surface area contributed by atoms with Crippen molar-refractivity contribution in [1.82, 2.24) is 19.9 Å². The molecule has 0 saturated heterocycles. The van der Waals surface area contributed by atoms with Crippen LogP contribution in [0.25, 0.3) is 11.2 Å². The van der Waals surface area contributed by atoms with E-state index in [2.05, 4.69) is 25.3 Å². The summed E-state index contributed by atoms with van der Waals surface area (Å²) in [4.78, 5) is 27.2. The second-order valence-electron chi connectivity index (χ2n) is 3.60. The van der Waals surface area contributed by atoms with Gasteiger partial charge in [-0.25, -0.2) is 4.98 Å². The maximum atomic E-state index is 11.9. The first kappa shape index (κ1) is 11.9. The maximum absolute atomic E-state index is 11.9. The number of nitrogens with two attached hydrogens (primary N) is 1. The lowest BCUT2D eigenvalue weighted by Gasteiger charge is -2.03. The van der Waals surface area contributed by atoms with Crippen LogP contribution in [0.3, 0.4) is 0 Å². The zero-order chi connectivity index (χ0) is 13.4. The van der Waals surface area contributed by atoms with Gasteiger partial charge in [-0.05, 0) is 11.4 Å². The number of hydrogen-bond acceptors (Lipinski definition) is 6. The Bertz CT molecular complexity index is 766. The molecule has 0 aliphatic heterocycles. The monoisotopic (exact) mass is 294 g/mol. The molecule has 3 aromatic rings. The van der Waals surface area contributed by atoms with Gasteiger partial charge in [-0.3, -0.25) is 10.1 Å². The lowest BCUT2D eigenvalue weighted by atomic mass is 10.4. The van der Waals surface area contributed by atoms with Gasteiger partial charge in [-0.15, -0.1) is 11.3 Å². The molecule has 4 N–H and O–H groups in total. The fourth-order valence-corrected chi connectivity index (χ4v) is 2.45. The Kier molecular flexibility index (Phi) is 2.80. The highest BCUT2D eigenvalue weighted by Gasteiger charge is 2.14. The molecule has 0 aromatic carbocycles. The number of aromatic nitrogens is 4. The van der Waals surface area contributed by atoms with Gasteiger partial charge in [0.2, 0.25) is 5.95 Å². The molecule has 3 aromatic heterocycles. The standard InChI is InChI=1S/C10H7ClN6OS/c11-7-5-8(14-3-13-5)16-10(15-7)17-9(18)6-4(12)1-2-19-6/h1-3H,12H2,(H2,13,14,15,16,17,18). The smallest absolute Gasteiger partial charge is 0.270 e. The highest BCUT2D eigenvalue weighted by Crippen LogP contribution is 2.21. The van der Waals surface area contributed by atoms with Crippen LogP contribution in [0.4, 0.5) is 11.6 Å². The largest absolute Gasteiger partial charge is 0.397 e. The molecule has 3 heterocycles. The molecule has 0 unspecified atom stereocenters. The molecule has 96 valence electrons. The van der Waals surface area contributed by atoms with Gasteiger partial charge >= 0.3 is 0 Å². The molecule has 0 radical (unpaired) electrons. The number of H-pyrrole nitrogens is 1. The van der Waals surface area contributed by atoms with E-state index in [4.69, 9.17) is 17.3 Å². The number of aromatic amines is 1. The summed E-state index contributed by atoms with van der Waals surface area (Å²) in [6.07, 6.45) is 1.45. The fraction of sp³-hybridized carbons (Fsp3) is 0. The molecule has 0 saturated carbocycles. The number of nitrogens with one attached hydrogen (secondary N) is 2. The van der Waals surface area contributed by atoms with Crippen molar-refractivity contribution in [2.75, 3.05) is 11.1 Å². The molecule has 3 rings (SSSR count). The average molecular weight is 295 g/mol. The summed E-state index contributed by atoms with van der Waals surface area (Å²) in [5, 5.41) is 4.46. The number of carbonyl (C=O) groups is 1. The Balaban J connectivity index is 1.93. The van der Waals surface area contributed by atoms with Crippen LogP contribution in [-0.4, -0.2) is 25.8 Å². The highest BCUT2D eigenvalue weighted by molar-refractivity contribution is 7.12. The van der Waals surface area contributed by atoms with Crippen molar-refractivity contribution in [1.29, 1.82) is 0 Å². The minimum Gasteiger partial charge on any atom is -0.397 e. The summed E-state index contributed by atoms with van der Waals surface area (Å²) in [5.41, 5.74) is 6.98. The number of nitrogen functional groups attached to an aromatic ring is 1. The quantitative estimate of drug-likeness (QED) is 0.625. The Labute approximate surface area is 115 Å². The van der Waals surface area contributed by atoms with Crippen molar-refractivity contribution >= 4 is 51.6 Å². The molecule has 9 heteroatoms. The van der Waals surface area contributed by atoms with Crippen LogP contribution in [0.5, 0.6) is 0 Å². The fourth-order valence-electron chi connectivity index (χ4n) is 1.52. The minimum atomic E-state index is -0.376. The van der Waals surface area contributed by atoms with E-state index >= 15 is 0 Å². The number of hydrogen-bond donors (Lipinski definition) is 3. The molecular formula is C10H7ClN6OS. The van der Waals surface area contributed by atoms with Crippen molar-refractivity contribution in [3.05, 3.63) is 27.8 Å². The van der Waals surface area contributed by atoms with E-state index < -0.39 is 0 Å². The third-order valence-corrected chi connectivity index (χ3v) is 3.57. The van der Waals surface area contributed by atoms with Gasteiger partial charge in [0.05, 0.1) is 12.0 Å². The maximum Gasteiger partial charge on any atom is 0.270 e. The second kappa shape index (κ2) is 4.48. The van der Waals surface area contributed by atoms with Gasteiger partial charge < -0.3 is 10.7 Å². The van der Waals surface area contributed by atoms with E-state index in [9.17, 15) is 4.79 Å². The van der Waals surface area contributed by atoms with Crippen LogP contribution in [0.1, 0.15) is 9.67 Å². The molecule has 19 heavy (non-hydrogen) atoms. The normalized spacial score (nSPS) is 10.8. The van der Waals surface area contributed by atoms with Crippen LogP contribution >= 0.6 is 22.9 Å². The number of fused-ring (bicyclic) bond motifs is 1. The summed E-state index contributed by atoms with van der Waals surface area (Å²) in [6.45, 7) is 0. The Morgan fingerprint density at radius 3 is 3.05 bits per heavy atom. The first-order chi connectivity index (χ1) is 9.15. The van der Waals surface area contributed by atoms with Gasteiger partial charge in [0.25, 0.3) is 5.91 Å². The molecular weight excluding hydrogens is 288 g/mol. The predicted octanol–water partition coefficient (Wildman–Crippen LogP) is 1.90. The molecule has 0 aliphatic carbocycles. The van der Waals surface area contributed by atoms with Crippen molar-refractivity contribution in [3.63, 3.8) is 0 Å². The van der Waals surface area contributed by atoms with Crippen LogP contribution in [0.15, 0.2) is 17.8 Å². The van der Waals surface area contributed by atoms with Gasteiger partial charge in [-0.1, -0.05) is 11.6 Å². The Hall–Kier alpha value is -2.19. The molecule has 7 nitrogen and oxygen atoms in total. The number of carbonyl (C=O) groups excluding carboxylic acids is 1. The summed E-state index contributed by atoms with van der Waals surface area (Å²) < 4.78 is 0. The van der Waals surface area contributed by atoms with Crippen LogP contribution in [0, 0.1) is 0 Å². The molecule has 0 aliphatic rings. The van der Waals surface area contributed by atoms with Crippen molar-refractivity contribution in [2.45, 2.75) is 0 Å². The number of amides is 1. The van der Waals surface area contributed by atoms with Crippen LogP contribution in [-0.2, 0) is 0 Å². The first-order valence-electron chi connectivity index (χ1n) is 5.16. The van der Waals surface area contributed by atoms with Crippen molar-refractivity contribution < 1.29 is 4.79 Å². The third-order valence-electron chi connectivity index (χ3n) is 2.37. The number of rotatable bonds is 2. The molecule has 0 bridgehead atoms. The van der Waals surface area contributed by atoms with Crippen molar-refractivity contribution in [3.8, 4) is 0 Å². The highest BCUT2D eigenvalue weighted by atomic mass is 35.5. The van der Waals surface area contributed by atoms with Gasteiger partial charge in [-0.2, -0.15) is 9.97 Å². The average Bonchev–Trinajstić information content (AvgIpc) is 2.97. The van der Waals surface area contributed by atoms with E-state index in [0.717, 1.165) is 0 Å². The van der Waals surface area contributed by atoms with E-state index in [1.807, 2.05) is 0 Å². The zero-order valence-corrected chi connectivity index (χ0v) is 10.9. The zero-order valence-electron chi connectivity index (χ0n) is 9.35. The third kappa shape index (κ3) is 2.11. The second-order valence-corrected chi connectivity index (χ2v) is 4.87. The molecule has 0 fully saturated rings. The predicted molar refractivity (Wildman–Crippen MR) is 73.4 cm³/mol. The van der Waals surface area contributed by atoms with E-state index in [0.29, 0.717) is 21.7 Å². The number of halogens is 1. The molecule has 0 atom stereocenters. The van der Waals surface area contributed by atoms with E-state index in [1.165, 1.54) is 17.7 Å². The van der Waals surface area contributed by atoms with Crippen LogP contribution in [0.2, 0.25) is 5.15 Å². The Morgan fingerprint density at radius 2 is 2.32 bits per heavy atom. The summed E-state index contributed by atoms with van der Waals surface area (Å²) in [5.74, 6) is -0.291. The van der Waals surface area contributed by atoms with E-state index in [-0.39, 0.29) is 17.0 Å². The van der Waals surface area contributed by atoms with Crippen molar-refractivity contribution in [2.24, 2.45) is 0 Å². The minimum absolute atomic E-state index is 0.0856. The number of anilines is 2. The molecule has 1 amide bonds. The summed E-state index contributed by atoms with van der Waals surface area (Å²) in [6, 6.07) is 1.66. The SMILES string of the molecule is Nc1ccsc1C(=O)Nc1nc(Cl)c2[nH]cnc2n1. The summed E-state index contributed by atoms with van der Waals surface area (Å²) in [7, 11) is 0. The topological polar surface area (TPSA) is 110 Å². The number of nitrogens with zero attached hydrogens (tertiary/aromatic N) is 3. The van der Waals surface area contributed by atoms with Gasteiger partial charge in [0, 0.05) is 0 Å². The summed E-state index contributed by atoms with van der Waals surface area (Å²) >= 11 is 7.19. The van der Waals surface area contributed by atoms with Gasteiger partial charge in [0.1, 0.15) is 10.4 Å². The number of thiophene rings is 1. The Morgan fingerprint density at radius 1 is 1.47 bits per heavy atom. The first-order valence-corrected chi connectivity index (χ1v) is 6.42. The van der Waals surface area contributed by atoms with Crippen LogP contribution < -0.4 is 11.1 Å². The molecule has 0 spiro atoms. The lowest BCUT2D eigenvalue weighted by molar-refractivity contribution is 0.103. The van der Waals surface area contributed by atoms with Gasteiger partial charge in [0.15, 0.2) is 10.8 Å². The lowest BCUT2D eigenvalue weighted by Crippen LogP contribution is -2.14. The number of imidazole rings is 1. The van der Waals surface area contributed by atoms with E-state index in [1.54, 1.807) is 11.4 Å².